The number of hydrogen-bond donors (Lipinski definition) is 2. The fraction of sp³-hybridized carbons (Fsp3) is 0.0222. The number of nitrogens with zero attached hydrogens (tertiary/aromatic N) is 2. The molecule has 0 radical (unpaired) electrons. The monoisotopic (exact) mass is 790 g/mol. The SMILES string of the molecule is Cc1ccc2nc(-c3ccccc3O)sc2c1.Oc1ccccc1-c1nc2ccc([Si](c3ccccc3)(c3ccccc3)c3ccccc3)cc2s1.[Zn]. The minimum Gasteiger partial charge on any atom is -0.507 e. The second-order valence-corrected chi connectivity index (χ2v) is 18.4. The van der Waals surface area contributed by atoms with Crippen LogP contribution in [0.1, 0.15) is 5.56 Å². The van der Waals surface area contributed by atoms with Gasteiger partial charge in [0.15, 0.2) is 8.07 Å². The summed E-state index contributed by atoms with van der Waals surface area (Å²) in [4.78, 5) is 9.40. The van der Waals surface area contributed by atoms with Crippen molar-refractivity contribution in [3.8, 4) is 32.6 Å². The van der Waals surface area contributed by atoms with Crippen LogP contribution in [0.5, 0.6) is 11.5 Å². The molecule has 2 aromatic heterocycles. The number of phenolic OH excluding ortho intramolecular Hbond substituents is 2. The van der Waals surface area contributed by atoms with Crippen molar-refractivity contribution in [2.45, 2.75) is 6.92 Å². The first-order chi connectivity index (χ1) is 25.5. The molecule has 254 valence electrons. The zero-order valence-corrected chi connectivity index (χ0v) is 34.7. The van der Waals surface area contributed by atoms with Crippen LogP contribution in [0.3, 0.4) is 0 Å². The van der Waals surface area contributed by atoms with Gasteiger partial charge in [0, 0.05) is 19.5 Å². The number of aryl methyl sites for hydroxylation is 1. The van der Waals surface area contributed by atoms with Crippen LogP contribution in [0.15, 0.2) is 176 Å². The molecule has 0 bridgehead atoms. The van der Waals surface area contributed by atoms with E-state index >= 15 is 0 Å². The second kappa shape index (κ2) is 15.8. The Hall–Kier alpha value is -5.24. The number of hydrogen-bond acceptors (Lipinski definition) is 6. The van der Waals surface area contributed by atoms with E-state index in [1.54, 1.807) is 34.8 Å². The van der Waals surface area contributed by atoms with Gasteiger partial charge in [0.2, 0.25) is 0 Å². The molecular formula is C45H34N2O2S2SiZn. The zero-order chi connectivity index (χ0) is 35.5. The third-order valence-corrected chi connectivity index (χ3v) is 16.1. The van der Waals surface area contributed by atoms with Crippen molar-refractivity contribution in [3.05, 3.63) is 181 Å². The van der Waals surface area contributed by atoms with Gasteiger partial charge in [0.25, 0.3) is 0 Å². The van der Waals surface area contributed by atoms with E-state index in [4.69, 9.17) is 4.98 Å². The van der Waals surface area contributed by atoms with Crippen LogP contribution in [0.4, 0.5) is 0 Å². The maximum Gasteiger partial charge on any atom is 0.179 e. The third-order valence-electron chi connectivity index (χ3n) is 9.25. The Morgan fingerprint density at radius 3 is 1.28 bits per heavy atom. The quantitative estimate of drug-likeness (QED) is 0.130. The fourth-order valence-corrected chi connectivity index (χ4v) is 13.8. The van der Waals surface area contributed by atoms with Crippen LogP contribution in [0.25, 0.3) is 41.6 Å². The van der Waals surface area contributed by atoms with Crippen molar-refractivity contribution < 1.29 is 29.7 Å². The summed E-state index contributed by atoms with van der Waals surface area (Å²) in [6.45, 7) is 2.07. The predicted octanol–water partition coefficient (Wildman–Crippen LogP) is 9.02. The largest absolute Gasteiger partial charge is 0.507 e. The number of aromatic hydroxyl groups is 2. The van der Waals surface area contributed by atoms with E-state index in [0.29, 0.717) is 0 Å². The number of thiazole rings is 2. The smallest absolute Gasteiger partial charge is 0.179 e. The summed E-state index contributed by atoms with van der Waals surface area (Å²) in [7, 11) is -2.57. The van der Waals surface area contributed by atoms with Crippen molar-refractivity contribution in [2.24, 2.45) is 0 Å². The Labute approximate surface area is 330 Å². The number of benzene rings is 7. The van der Waals surface area contributed by atoms with Crippen LogP contribution in [0, 0.1) is 6.92 Å². The molecule has 2 N–H and O–H groups in total. The van der Waals surface area contributed by atoms with Crippen LogP contribution < -0.4 is 20.7 Å². The minimum atomic E-state index is -2.57. The van der Waals surface area contributed by atoms with Gasteiger partial charge in [-0.1, -0.05) is 127 Å². The van der Waals surface area contributed by atoms with Gasteiger partial charge >= 0.3 is 0 Å². The van der Waals surface area contributed by atoms with Gasteiger partial charge in [-0.2, -0.15) is 0 Å². The summed E-state index contributed by atoms with van der Waals surface area (Å²) in [6, 6.07) is 60.4. The minimum absolute atomic E-state index is 0. The molecule has 9 aromatic rings. The molecule has 0 unspecified atom stereocenters. The summed E-state index contributed by atoms with van der Waals surface area (Å²) in [5.41, 5.74) is 4.73. The van der Waals surface area contributed by atoms with Gasteiger partial charge in [0.05, 0.1) is 31.6 Å². The van der Waals surface area contributed by atoms with Crippen LogP contribution in [-0.2, 0) is 19.5 Å². The number of aromatic nitrogens is 2. The summed E-state index contributed by atoms with van der Waals surface area (Å²) >= 11 is 3.24. The predicted molar refractivity (Wildman–Crippen MR) is 222 cm³/mol. The molecule has 7 aromatic carbocycles. The van der Waals surface area contributed by atoms with Crippen LogP contribution in [0.2, 0.25) is 0 Å². The molecule has 4 nitrogen and oxygen atoms in total. The molecule has 0 fully saturated rings. The van der Waals surface area contributed by atoms with E-state index in [9.17, 15) is 10.2 Å². The molecule has 0 amide bonds. The third kappa shape index (κ3) is 7.11. The summed E-state index contributed by atoms with van der Waals surface area (Å²) < 4.78 is 2.28. The second-order valence-electron chi connectivity index (χ2n) is 12.6. The van der Waals surface area contributed by atoms with E-state index in [1.807, 2.05) is 42.5 Å². The van der Waals surface area contributed by atoms with Gasteiger partial charge in [-0.05, 0) is 81.8 Å². The molecule has 0 aliphatic rings. The Kier molecular flexibility index (Phi) is 10.8. The van der Waals surface area contributed by atoms with Gasteiger partial charge in [0.1, 0.15) is 21.5 Å². The average Bonchev–Trinajstić information content (AvgIpc) is 3.81. The van der Waals surface area contributed by atoms with Gasteiger partial charge in [-0.3, -0.25) is 0 Å². The molecule has 0 aliphatic heterocycles. The van der Waals surface area contributed by atoms with Crippen LogP contribution >= 0.6 is 22.7 Å². The summed E-state index contributed by atoms with van der Waals surface area (Å²) in [5, 5.41) is 27.3. The normalized spacial score (nSPS) is 11.1. The maximum atomic E-state index is 10.4. The first kappa shape index (κ1) is 36.1. The van der Waals surface area contributed by atoms with Crippen molar-refractivity contribution in [3.63, 3.8) is 0 Å². The first-order valence-electron chi connectivity index (χ1n) is 17.0. The molecule has 9 rings (SSSR count). The Morgan fingerprint density at radius 2 is 0.830 bits per heavy atom. The van der Waals surface area contributed by atoms with Crippen molar-refractivity contribution >= 4 is 71.9 Å². The molecule has 0 spiro atoms. The number of rotatable bonds is 6. The van der Waals surface area contributed by atoms with Crippen molar-refractivity contribution in [2.75, 3.05) is 0 Å². The Balaban J connectivity index is 0.000000203. The molecule has 53 heavy (non-hydrogen) atoms. The van der Waals surface area contributed by atoms with Gasteiger partial charge < -0.3 is 10.2 Å². The summed E-state index contributed by atoms with van der Waals surface area (Å²) in [5.74, 6) is 0.539. The zero-order valence-electron chi connectivity index (χ0n) is 29.1. The first-order valence-corrected chi connectivity index (χ1v) is 20.7. The van der Waals surface area contributed by atoms with E-state index in [1.165, 1.54) is 26.3 Å². The van der Waals surface area contributed by atoms with Crippen molar-refractivity contribution in [1.29, 1.82) is 0 Å². The molecule has 2 heterocycles. The molecule has 0 saturated heterocycles. The Bertz CT molecular complexity index is 2530. The number of fused-ring (bicyclic) bond motifs is 2. The molecular weight excluding hydrogens is 758 g/mol. The number of phenols is 2. The van der Waals surface area contributed by atoms with Gasteiger partial charge in [-0.25, -0.2) is 9.97 Å². The molecule has 0 saturated carbocycles. The topological polar surface area (TPSA) is 66.2 Å². The van der Waals surface area contributed by atoms with Crippen LogP contribution in [-0.4, -0.2) is 28.3 Å². The Morgan fingerprint density at radius 1 is 0.434 bits per heavy atom. The molecule has 0 atom stereocenters. The molecule has 8 heteroatoms. The fourth-order valence-electron chi connectivity index (χ4n) is 6.79. The van der Waals surface area contributed by atoms with Gasteiger partial charge in [-0.15, -0.1) is 22.7 Å². The van der Waals surface area contributed by atoms with E-state index in [0.717, 1.165) is 41.6 Å². The standard InChI is InChI=1S/C31H23NOSSi.C14H11NOS.Zn/c33-29-19-11-10-18-27(29)31-32-28-21-20-26(22-30(28)34-31)35(23-12-4-1-5-13-23,24-14-6-2-7-15-24)25-16-8-3-9-17-25;1-9-6-7-11-13(8-9)17-14(15-11)10-4-2-3-5-12(10)16;/h1-22,33H;2-8,16H,1H3;. The number of para-hydroxylation sites is 2. The van der Waals surface area contributed by atoms with E-state index < -0.39 is 8.07 Å². The average molecular weight is 792 g/mol. The summed E-state index contributed by atoms with van der Waals surface area (Å²) in [6.07, 6.45) is 0. The maximum absolute atomic E-state index is 10.4. The van der Waals surface area contributed by atoms with Crippen molar-refractivity contribution in [1.82, 2.24) is 9.97 Å². The van der Waals surface area contributed by atoms with E-state index in [2.05, 4.69) is 133 Å². The van der Waals surface area contributed by atoms with E-state index in [-0.39, 0.29) is 31.0 Å². The molecule has 0 aliphatic carbocycles.